The Labute approximate surface area is 191 Å². The molecule has 0 radical (unpaired) electrons. The molecule has 0 bridgehead atoms. The molecule has 3 aromatic rings. The summed E-state index contributed by atoms with van der Waals surface area (Å²) in [6.07, 6.45) is -1.80. The average Bonchev–Trinajstić information content (AvgIpc) is 2.78. The van der Waals surface area contributed by atoms with Crippen LogP contribution in [0.5, 0.6) is 0 Å². The van der Waals surface area contributed by atoms with Gasteiger partial charge in [0.2, 0.25) is 5.95 Å². The lowest BCUT2D eigenvalue weighted by atomic mass is 10.1. The molecular weight excluding hydrogens is 451 g/mol. The topological polar surface area (TPSA) is 211 Å². The van der Waals surface area contributed by atoms with E-state index in [1.807, 2.05) is 4.90 Å². The van der Waals surface area contributed by atoms with Crippen molar-refractivity contribution in [2.45, 2.75) is 25.2 Å². The number of carbonyl (C=O) groups excluding carboxylic acids is 1. The number of benzene rings is 1. The van der Waals surface area contributed by atoms with E-state index in [9.17, 15) is 18.8 Å². The van der Waals surface area contributed by atoms with Crippen LogP contribution in [-0.4, -0.2) is 67.3 Å². The minimum Gasteiger partial charge on any atom is -0.480 e. The van der Waals surface area contributed by atoms with Crippen molar-refractivity contribution < 1.29 is 29.0 Å². The summed E-state index contributed by atoms with van der Waals surface area (Å²) in [5.41, 5.74) is 13.4. The number of halogens is 1. The van der Waals surface area contributed by atoms with E-state index in [1.165, 1.54) is 18.3 Å². The largest absolute Gasteiger partial charge is 0.480 e. The highest BCUT2D eigenvalue weighted by atomic mass is 19.1. The van der Waals surface area contributed by atoms with Crippen molar-refractivity contribution in [3.63, 3.8) is 0 Å². The van der Waals surface area contributed by atoms with Gasteiger partial charge in [0.25, 0.3) is 5.91 Å². The van der Waals surface area contributed by atoms with Crippen LogP contribution < -0.4 is 21.7 Å². The molecule has 14 heteroatoms. The Kier molecular flexibility index (Phi) is 6.99. The van der Waals surface area contributed by atoms with Crippen molar-refractivity contribution in [3.8, 4) is 0 Å². The fourth-order valence-electron chi connectivity index (χ4n) is 3.03. The number of hydrogen-bond acceptors (Lipinski definition) is 10. The lowest BCUT2D eigenvalue weighted by molar-refractivity contribution is -0.145. The van der Waals surface area contributed by atoms with Gasteiger partial charge in [0.15, 0.2) is 23.2 Å². The molecule has 178 valence electrons. The van der Waals surface area contributed by atoms with Crippen molar-refractivity contribution in [1.82, 2.24) is 25.3 Å². The molecule has 2 heterocycles. The van der Waals surface area contributed by atoms with Gasteiger partial charge < -0.3 is 31.9 Å². The van der Waals surface area contributed by atoms with Gasteiger partial charge in [-0.25, -0.2) is 23.9 Å². The van der Waals surface area contributed by atoms with Crippen LogP contribution in [0.25, 0.3) is 11.2 Å². The molecule has 7 N–H and O–H groups in total. The van der Waals surface area contributed by atoms with E-state index in [1.54, 1.807) is 19.2 Å². The second-order valence-electron chi connectivity index (χ2n) is 7.31. The lowest BCUT2D eigenvalue weighted by Gasteiger charge is -2.19. The van der Waals surface area contributed by atoms with Crippen molar-refractivity contribution in [1.29, 1.82) is 0 Å². The van der Waals surface area contributed by atoms with Gasteiger partial charge >= 0.3 is 11.9 Å². The van der Waals surface area contributed by atoms with Crippen LogP contribution in [0.4, 0.5) is 21.8 Å². The number of rotatable bonds is 9. The Morgan fingerprint density at radius 3 is 2.38 bits per heavy atom. The van der Waals surface area contributed by atoms with Gasteiger partial charge in [-0.3, -0.25) is 4.79 Å². The molecule has 13 nitrogen and oxygen atoms in total. The quantitative estimate of drug-likeness (QED) is 0.283. The van der Waals surface area contributed by atoms with E-state index in [0.29, 0.717) is 23.4 Å². The number of nitrogens with two attached hydrogens (primary N) is 2. The first-order valence-corrected chi connectivity index (χ1v) is 9.81. The van der Waals surface area contributed by atoms with Crippen LogP contribution in [0.1, 0.15) is 22.5 Å². The van der Waals surface area contributed by atoms with Crippen molar-refractivity contribution in [3.05, 3.63) is 41.7 Å². The van der Waals surface area contributed by atoms with Crippen LogP contribution in [0, 0.1) is 0 Å². The van der Waals surface area contributed by atoms with Crippen LogP contribution >= 0.6 is 0 Å². The Hall–Kier alpha value is -4.62. The number of amides is 1. The predicted octanol–water partition coefficient (Wildman–Crippen LogP) is 0.216. The van der Waals surface area contributed by atoms with Gasteiger partial charge in [0, 0.05) is 24.7 Å². The van der Waals surface area contributed by atoms with E-state index in [0.717, 1.165) is 0 Å². The Morgan fingerprint density at radius 2 is 1.76 bits per heavy atom. The predicted molar refractivity (Wildman–Crippen MR) is 119 cm³/mol. The summed E-state index contributed by atoms with van der Waals surface area (Å²) in [4.78, 5) is 52.5. The molecule has 0 fully saturated rings. The molecule has 3 rings (SSSR count). The molecule has 0 spiro atoms. The molecule has 2 atom stereocenters. The molecule has 0 aliphatic rings. The smallest absolute Gasteiger partial charge is 0.338 e. The second kappa shape index (κ2) is 9.89. The van der Waals surface area contributed by atoms with Gasteiger partial charge in [0.1, 0.15) is 6.04 Å². The molecule has 0 aliphatic carbocycles. The van der Waals surface area contributed by atoms with Crippen LogP contribution in [0.3, 0.4) is 0 Å². The Morgan fingerprint density at radius 1 is 1.09 bits per heavy atom. The van der Waals surface area contributed by atoms with Crippen LogP contribution in [-0.2, 0) is 16.1 Å². The van der Waals surface area contributed by atoms with Gasteiger partial charge in [-0.15, -0.1) is 0 Å². The highest BCUT2D eigenvalue weighted by molar-refractivity contribution is 5.97. The van der Waals surface area contributed by atoms with Crippen LogP contribution in [0.2, 0.25) is 0 Å². The first kappa shape index (κ1) is 24.0. The molecule has 34 heavy (non-hydrogen) atoms. The number of aliphatic carboxylic acids is 2. The summed E-state index contributed by atoms with van der Waals surface area (Å²) in [5.74, 6) is -4.03. The average molecular weight is 472 g/mol. The first-order valence-electron chi connectivity index (χ1n) is 9.81. The molecule has 0 saturated carbocycles. The maximum absolute atomic E-state index is 13.4. The highest BCUT2D eigenvalue weighted by Gasteiger charge is 2.28. The Bertz CT molecular complexity index is 1240. The maximum atomic E-state index is 13.4. The zero-order valence-corrected chi connectivity index (χ0v) is 17.8. The number of nitrogen functional groups attached to an aromatic ring is 2. The lowest BCUT2D eigenvalue weighted by Crippen LogP contribution is -2.43. The standard InChI is InChI=1S/C20H21FN8O5/c1-29(8-10-7-24-16-14(25-10)15(22)27-20(23)28-16)11-4-2-9(3-5-11)17(30)26-13(19(33)34)6-12(21)18(31)32/h2-5,7,12-13H,6,8H2,1H3,(H,26,30)(H,31,32)(H,33,34)(H4,22,23,24,27,28)/t12-,13-/m0/s1. The van der Waals surface area contributed by atoms with Gasteiger partial charge in [0.05, 0.1) is 18.4 Å². The summed E-state index contributed by atoms with van der Waals surface area (Å²) >= 11 is 0. The Balaban J connectivity index is 1.68. The zero-order valence-electron chi connectivity index (χ0n) is 17.8. The van der Waals surface area contributed by atoms with Gasteiger partial charge in [-0.1, -0.05) is 0 Å². The second-order valence-corrected chi connectivity index (χ2v) is 7.31. The number of hydrogen-bond donors (Lipinski definition) is 5. The van der Waals surface area contributed by atoms with Crippen molar-refractivity contribution >= 4 is 46.5 Å². The minimum absolute atomic E-state index is 0.00522. The third kappa shape index (κ3) is 5.59. The monoisotopic (exact) mass is 472 g/mol. The number of aromatic nitrogens is 4. The van der Waals surface area contributed by atoms with Gasteiger partial charge in [-0.05, 0) is 24.3 Å². The SMILES string of the molecule is CN(Cc1cnc2nc(N)nc(N)c2n1)c1ccc(C(=O)N[C@@H](C[C@H](F)C(=O)O)C(=O)O)cc1. The van der Waals surface area contributed by atoms with E-state index in [4.69, 9.17) is 21.7 Å². The summed E-state index contributed by atoms with van der Waals surface area (Å²) in [6, 6.07) is 4.44. The van der Waals surface area contributed by atoms with Crippen molar-refractivity contribution in [2.75, 3.05) is 23.4 Å². The van der Waals surface area contributed by atoms with E-state index < -0.39 is 36.5 Å². The molecule has 2 aromatic heterocycles. The molecule has 0 unspecified atom stereocenters. The van der Waals surface area contributed by atoms with E-state index in [2.05, 4.69) is 25.3 Å². The number of carbonyl (C=O) groups is 3. The normalized spacial score (nSPS) is 12.6. The number of nitrogens with zero attached hydrogens (tertiary/aromatic N) is 5. The summed E-state index contributed by atoms with van der Waals surface area (Å²) in [5, 5.41) is 19.9. The van der Waals surface area contributed by atoms with Crippen molar-refractivity contribution in [2.24, 2.45) is 0 Å². The number of carboxylic acid groups (broad SMARTS) is 2. The minimum atomic E-state index is -2.42. The fraction of sp³-hybridized carbons (Fsp3) is 0.250. The third-order valence-electron chi connectivity index (χ3n) is 4.78. The van der Waals surface area contributed by atoms with Gasteiger partial charge in [-0.2, -0.15) is 9.97 Å². The van der Waals surface area contributed by atoms with E-state index in [-0.39, 0.29) is 23.0 Å². The number of carboxylic acids is 2. The summed E-state index contributed by atoms with van der Waals surface area (Å²) < 4.78 is 13.4. The number of alkyl halides is 1. The summed E-state index contributed by atoms with van der Waals surface area (Å²) in [6.45, 7) is 0.326. The summed E-state index contributed by atoms with van der Waals surface area (Å²) in [7, 11) is 1.78. The zero-order chi connectivity index (χ0) is 25.0. The molecule has 1 amide bonds. The third-order valence-corrected chi connectivity index (χ3v) is 4.78. The number of anilines is 3. The fourth-order valence-corrected chi connectivity index (χ4v) is 3.03. The molecule has 0 aliphatic heterocycles. The molecule has 1 aromatic carbocycles. The molecule has 0 saturated heterocycles. The maximum Gasteiger partial charge on any atom is 0.338 e. The number of fused-ring (bicyclic) bond motifs is 1. The van der Waals surface area contributed by atoms with E-state index >= 15 is 0 Å². The molecular formula is C20H21FN8O5. The number of nitrogens with one attached hydrogen (secondary N) is 1. The highest BCUT2D eigenvalue weighted by Crippen LogP contribution is 2.19. The van der Waals surface area contributed by atoms with Crippen LogP contribution in [0.15, 0.2) is 30.5 Å². The first-order chi connectivity index (χ1) is 16.0.